The largest absolute Gasteiger partial charge is 0.367 e. The van der Waals surface area contributed by atoms with Crippen LogP contribution in [0.4, 0.5) is 5.82 Å². The van der Waals surface area contributed by atoms with Gasteiger partial charge in [0.1, 0.15) is 5.82 Å². The number of hydrogen-bond donors (Lipinski definition) is 2. The number of fused-ring (bicyclic) bond motifs is 1. The van der Waals surface area contributed by atoms with Gasteiger partial charge < -0.3 is 16.0 Å². The molecule has 6 heteroatoms. The van der Waals surface area contributed by atoms with Crippen LogP contribution >= 0.6 is 11.3 Å². The van der Waals surface area contributed by atoms with Gasteiger partial charge in [-0.05, 0) is 50.5 Å². The number of rotatable bonds is 3. The number of nitrogens with one attached hydrogen (secondary N) is 1. The minimum atomic E-state index is -0.379. The first-order valence-corrected chi connectivity index (χ1v) is 7.58. The van der Waals surface area contributed by atoms with E-state index in [0.717, 1.165) is 41.8 Å². The topological polar surface area (TPSA) is 71.2 Å². The molecule has 3 rings (SSSR count). The van der Waals surface area contributed by atoms with Crippen LogP contribution in [0.3, 0.4) is 0 Å². The maximum atomic E-state index is 11.2. The summed E-state index contributed by atoms with van der Waals surface area (Å²) in [7, 11) is 2.15. The molecule has 20 heavy (non-hydrogen) atoms. The molecule has 0 spiro atoms. The molecule has 1 saturated heterocycles. The van der Waals surface area contributed by atoms with Gasteiger partial charge >= 0.3 is 0 Å². The van der Waals surface area contributed by atoms with E-state index in [1.807, 2.05) is 18.3 Å². The minimum Gasteiger partial charge on any atom is -0.367 e. The summed E-state index contributed by atoms with van der Waals surface area (Å²) >= 11 is 1.39. The van der Waals surface area contributed by atoms with Crippen LogP contribution in [0.5, 0.6) is 0 Å². The highest BCUT2D eigenvalue weighted by atomic mass is 32.1. The Morgan fingerprint density at radius 2 is 2.20 bits per heavy atom. The summed E-state index contributed by atoms with van der Waals surface area (Å²) in [5.74, 6) is 0.497. The normalized spacial score (nSPS) is 17.4. The number of thiophene rings is 1. The zero-order valence-corrected chi connectivity index (χ0v) is 12.2. The SMILES string of the molecule is CN1CCC(Nc2cc3cc(C(N)=O)sc3cn2)CC1. The number of pyridine rings is 1. The van der Waals surface area contributed by atoms with Gasteiger partial charge in [-0.15, -0.1) is 11.3 Å². The molecule has 3 N–H and O–H groups in total. The average Bonchev–Trinajstić information content (AvgIpc) is 2.85. The molecule has 0 atom stereocenters. The second-order valence-electron chi connectivity index (χ2n) is 5.30. The van der Waals surface area contributed by atoms with Crippen molar-refractivity contribution in [2.45, 2.75) is 18.9 Å². The molecule has 0 saturated carbocycles. The Balaban J connectivity index is 1.77. The fourth-order valence-electron chi connectivity index (χ4n) is 2.51. The number of nitrogens with zero attached hydrogens (tertiary/aromatic N) is 2. The maximum absolute atomic E-state index is 11.2. The standard InChI is InChI=1S/C14H18N4OS/c1-18-4-2-10(3-5-18)17-13-7-9-6-11(14(15)19)20-12(9)8-16-13/h6-8,10H,2-5H2,1H3,(H2,15,19)(H,16,17). The van der Waals surface area contributed by atoms with Gasteiger partial charge in [0.15, 0.2) is 0 Å². The molecular formula is C14H18N4OS. The quantitative estimate of drug-likeness (QED) is 0.905. The first-order chi connectivity index (χ1) is 9.61. The Hall–Kier alpha value is -1.66. The molecule has 0 aliphatic carbocycles. The first-order valence-electron chi connectivity index (χ1n) is 6.76. The van der Waals surface area contributed by atoms with Gasteiger partial charge in [-0.1, -0.05) is 0 Å². The van der Waals surface area contributed by atoms with Crippen LogP contribution in [-0.2, 0) is 0 Å². The smallest absolute Gasteiger partial charge is 0.258 e. The monoisotopic (exact) mass is 290 g/mol. The Bertz CT molecular complexity index is 631. The number of amides is 1. The third kappa shape index (κ3) is 2.76. The minimum absolute atomic E-state index is 0.379. The highest BCUT2D eigenvalue weighted by Crippen LogP contribution is 2.27. The molecule has 3 heterocycles. The molecule has 2 aromatic heterocycles. The number of primary amides is 1. The van der Waals surface area contributed by atoms with Crippen LogP contribution < -0.4 is 11.1 Å². The summed E-state index contributed by atoms with van der Waals surface area (Å²) < 4.78 is 0.993. The van der Waals surface area contributed by atoms with Gasteiger partial charge in [0.25, 0.3) is 5.91 Å². The number of hydrogen-bond acceptors (Lipinski definition) is 5. The first kappa shape index (κ1) is 13.3. The van der Waals surface area contributed by atoms with Crippen molar-refractivity contribution in [1.29, 1.82) is 0 Å². The zero-order chi connectivity index (χ0) is 14.1. The van der Waals surface area contributed by atoms with E-state index in [0.29, 0.717) is 10.9 Å². The number of aromatic nitrogens is 1. The van der Waals surface area contributed by atoms with Crippen molar-refractivity contribution in [2.75, 3.05) is 25.5 Å². The molecule has 0 aromatic carbocycles. The lowest BCUT2D eigenvalue weighted by atomic mass is 10.1. The third-order valence-electron chi connectivity index (χ3n) is 3.72. The lowest BCUT2D eigenvalue weighted by Gasteiger charge is -2.29. The van der Waals surface area contributed by atoms with Crippen molar-refractivity contribution < 1.29 is 4.79 Å². The molecule has 1 aliphatic heterocycles. The Labute approximate surface area is 121 Å². The summed E-state index contributed by atoms with van der Waals surface area (Å²) in [6, 6.07) is 4.31. The van der Waals surface area contributed by atoms with Crippen LogP contribution in [0, 0.1) is 0 Å². The predicted octanol–water partition coefficient (Wildman–Crippen LogP) is 1.90. The lowest BCUT2D eigenvalue weighted by Crippen LogP contribution is -2.36. The molecule has 1 amide bonds. The number of nitrogens with two attached hydrogens (primary N) is 1. The van der Waals surface area contributed by atoms with Crippen LogP contribution in [0.15, 0.2) is 18.3 Å². The molecule has 2 aromatic rings. The molecule has 106 valence electrons. The van der Waals surface area contributed by atoms with Gasteiger partial charge in [-0.25, -0.2) is 4.98 Å². The number of likely N-dealkylation sites (tertiary alicyclic amines) is 1. The number of anilines is 1. The molecule has 1 fully saturated rings. The van der Waals surface area contributed by atoms with E-state index in [2.05, 4.69) is 22.2 Å². The average molecular weight is 290 g/mol. The van der Waals surface area contributed by atoms with Crippen molar-refractivity contribution in [1.82, 2.24) is 9.88 Å². The van der Waals surface area contributed by atoms with Crippen LogP contribution in [-0.4, -0.2) is 42.0 Å². The second kappa shape index (κ2) is 5.38. The summed E-state index contributed by atoms with van der Waals surface area (Å²) in [4.78, 5) is 18.5. The highest BCUT2D eigenvalue weighted by molar-refractivity contribution is 7.20. The Kier molecular flexibility index (Phi) is 3.58. The van der Waals surface area contributed by atoms with Crippen LogP contribution in [0.25, 0.3) is 10.1 Å². The van der Waals surface area contributed by atoms with E-state index < -0.39 is 0 Å². The second-order valence-corrected chi connectivity index (χ2v) is 6.39. The number of carbonyl (C=O) groups excluding carboxylic acids is 1. The van der Waals surface area contributed by atoms with E-state index in [9.17, 15) is 4.79 Å². The highest BCUT2D eigenvalue weighted by Gasteiger charge is 2.17. The van der Waals surface area contributed by atoms with Crippen molar-refractivity contribution in [2.24, 2.45) is 5.73 Å². The Morgan fingerprint density at radius 3 is 2.90 bits per heavy atom. The lowest BCUT2D eigenvalue weighted by molar-refractivity contribution is 0.100. The third-order valence-corrected chi connectivity index (χ3v) is 4.82. The van der Waals surface area contributed by atoms with E-state index in [-0.39, 0.29) is 5.91 Å². The fraction of sp³-hybridized carbons (Fsp3) is 0.429. The molecule has 0 radical (unpaired) electrons. The predicted molar refractivity (Wildman–Crippen MR) is 82.3 cm³/mol. The maximum Gasteiger partial charge on any atom is 0.258 e. The van der Waals surface area contributed by atoms with E-state index in [1.54, 1.807) is 0 Å². The van der Waals surface area contributed by atoms with Crippen molar-refractivity contribution in [3.63, 3.8) is 0 Å². The van der Waals surface area contributed by atoms with Gasteiger partial charge in [0, 0.05) is 12.2 Å². The fourth-order valence-corrected chi connectivity index (χ4v) is 3.37. The summed E-state index contributed by atoms with van der Waals surface area (Å²) in [5, 5.41) is 4.51. The summed E-state index contributed by atoms with van der Waals surface area (Å²) in [5.41, 5.74) is 5.31. The van der Waals surface area contributed by atoms with E-state index >= 15 is 0 Å². The number of carbonyl (C=O) groups is 1. The molecular weight excluding hydrogens is 272 g/mol. The molecule has 5 nitrogen and oxygen atoms in total. The molecule has 0 bridgehead atoms. The van der Waals surface area contributed by atoms with Crippen molar-refractivity contribution in [3.8, 4) is 0 Å². The Morgan fingerprint density at radius 1 is 1.45 bits per heavy atom. The van der Waals surface area contributed by atoms with Gasteiger partial charge in [-0.2, -0.15) is 0 Å². The van der Waals surface area contributed by atoms with Gasteiger partial charge in [0.05, 0.1) is 9.58 Å². The zero-order valence-electron chi connectivity index (χ0n) is 11.4. The number of piperidine rings is 1. The summed E-state index contributed by atoms with van der Waals surface area (Å²) in [6.07, 6.45) is 4.07. The van der Waals surface area contributed by atoms with Gasteiger partial charge in [0.2, 0.25) is 0 Å². The summed E-state index contributed by atoms with van der Waals surface area (Å²) in [6.45, 7) is 2.23. The van der Waals surface area contributed by atoms with Gasteiger partial charge in [-0.3, -0.25) is 4.79 Å². The molecule has 0 unspecified atom stereocenters. The van der Waals surface area contributed by atoms with Crippen molar-refractivity contribution in [3.05, 3.63) is 23.2 Å². The molecule has 1 aliphatic rings. The van der Waals surface area contributed by atoms with E-state index in [1.165, 1.54) is 11.3 Å². The van der Waals surface area contributed by atoms with Crippen molar-refractivity contribution >= 4 is 33.1 Å². The van der Waals surface area contributed by atoms with Crippen LogP contribution in [0.2, 0.25) is 0 Å². The van der Waals surface area contributed by atoms with E-state index in [4.69, 9.17) is 5.73 Å². The van der Waals surface area contributed by atoms with Crippen LogP contribution in [0.1, 0.15) is 22.5 Å².